The average molecular weight is 262 g/mol. The van der Waals surface area contributed by atoms with E-state index in [-0.39, 0.29) is 11.5 Å². The first-order valence-electron chi connectivity index (χ1n) is 6.49. The maximum atomic E-state index is 11.6. The Morgan fingerprint density at radius 2 is 1.40 bits per heavy atom. The molecule has 20 heavy (non-hydrogen) atoms. The molecule has 0 unspecified atom stereocenters. The molecule has 0 spiro atoms. The van der Waals surface area contributed by atoms with Crippen molar-refractivity contribution >= 4 is 0 Å². The van der Waals surface area contributed by atoms with Gasteiger partial charge in [0.1, 0.15) is 0 Å². The smallest absolute Gasteiger partial charge is 0.250 e. The van der Waals surface area contributed by atoms with Crippen LogP contribution in [0.2, 0.25) is 0 Å². The number of hydrogen-bond acceptors (Lipinski definition) is 2. The van der Waals surface area contributed by atoms with Crippen LogP contribution in [-0.4, -0.2) is 9.97 Å². The van der Waals surface area contributed by atoms with E-state index >= 15 is 0 Å². The predicted octanol–water partition coefficient (Wildman–Crippen LogP) is 2.95. The second-order valence-corrected chi connectivity index (χ2v) is 4.59. The first-order chi connectivity index (χ1) is 9.84. The van der Waals surface area contributed by atoms with E-state index < -0.39 is 0 Å². The fourth-order valence-corrected chi connectivity index (χ4v) is 2.37. The molecular formula is C17H14N2O. The molecule has 0 aliphatic carbocycles. The Bertz CT molecular complexity index is 696. The molecule has 0 bridgehead atoms. The monoisotopic (exact) mass is 262 g/mol. The number of H-pyrrole nitrogens is 1. The molecule has 0 saturated heterocycles. The Morgan fingerprint density at radius 3 is 1.90 bits per heavy atom. The van der Waals surface area contributed by atoms with Crippen LogP contribution in [0.15, 0.2) is 77.9 Å². The van der Waals surface area contributed by atoms with E-state index in [9.17, 15) is 4.79 Å². The Kier molecular flexibility index (Phi) is 3.42. The molecule has 3 aromatic rings. The zero-order valence-electron chi connectivity index (χ0n) is 10.9. The van der Waals surface area contributed by atoms with Crippen LogP contribution in [0.1, 0.15) is 22.7 Å². The molecule has 0 atom stereocenters. The zero-order valence-corrected chi connectivity index (χ0v) is 10.9. The van der Waals surface area contributed by atoms with Crippen molar-refractivity contribution in [3.05, 3.63) is 100 Å². The minimum absolute atomic E-state index is 0.0281. The third-order valence-electron chi connectivity index (χ3n) is 3.26. The summed E-state index contributed by atoms with van der Waals surface area (Å²) >= 11 is 0. The normalized spacial score (nSPS) is 10.7. The molecule has 0 aliphatic rings. The summed E-state index contributed by atoms with van der Waals surface area (Å²) in [6, 6.07) is 21.7. The Labute approximate surface area is 117 Å². The fraction of sp³-hybridized carbons (Fsp3) is 0.0588. The predicted molar refractivity (Wildman–Crippen MR) is 78.7 cm³/mol. The van der Waals surface area contributed by atoms with E-state index in [0.29, 0.717) is 0 Å². The molecule has 0 amide bonds. The quantitative estimate of drug-likeness (QED) is 0.788. The van der Waals surface area contributed by atoms with Crippen LogP contribution in [0.4, 0.5) is 0 Å². The molecule has 0 saturated carbocycles. The molecule has 3 nitrogen and oxygen atoms in total. The van der Waals surface area contributed by atoms with Gasteiger partial charge < -0.3 is 4.98 Å². The van der Waals surface area contributed by atoms with Crippen molar-refractivity contribution in [1.82, 2.24) is 9.97 Å². The van der Waals surface area contributed by atoms with Gasteiger partial charge in [0.2, 0.25) is 0 Å². The van der Waals surface area contributed by atoms with Crippen LogP contribution in [-0.2, 0) is 0 Å². The Morgan fingerprint density at radius 1 is 0.850 bits per heavy atom. The van der Waals surface area contributed by atoms with Crippen molar-refractivity contribution in [3.63, 3.8) is 0 Å². The summed E-state index contributed by atoms with van der Waals surface area (Å²) in [5.41, 5.74) is 2.87. The summed E-state index contributed by atoms with van der Waals surface area (Å²) in [6.45, 7) is 0. The molecule has 0 radical (unpaired) electrons. The molecule has 3 heteroatoms. The van der Waals surface area contributed by atoms with E-state index in [2.05, 4.69) is 34.2 Å². The molecule has 3 rings (SSSR count). The van der Waals surface area contributed by atoms with Gasteiger partial charge in [0.25, 0.3) is 5.56 Å². The number of nitrogens with zero attached hydrogens (tertiary/aromatic N) is 1. The molecule has 0 fully saturated rings. The van der Waals surface area contributed by atoms with Crippen LogP contribution in [0.3, 0.4) is 0 Å². The average Bonchev–Trinajstić information content (AvgIpc) is 2.50. The van der Waals surface area contributed by atoms with Crippen molar-refractivity contribution in [2.45, 2.75) is 5.92 Å². The second-order valence-electron chi connectivity index (χ2n) is 4.59. The Hall–Kier alpha value is -2.68. The van der Waals surface area contributed by atoms with Crippen molar-refractivity contribution in [2.24, 2.45) is 0 Å². The number of hydrogen-bond donors (Lipinski definition) is 1. The topological polar surface area (TPSA) is 45.8 Å². The van der Waals surface area contributed by atoms with Gasteiger partial charge in [-0.3, -0.25) is 4.79 Å². The third kappa shape index (κ3) is 2.52. The van der Waals surface area contributed by atoms with Crippen molar-refractivity contribution in [3.8, 4) is 0 Å². The molecule has 0 aliphatic heterocycles. The largest absolute Gasteiger partial charge is 0.313 e. The summed E-state index contributed by atoms with van der Waals surface area (Å²) in [6.07, 6.45) is 1.45. The van der Waals surface area contributed by atoms with Gasteiger partial charge in [-0.25, -0.2) is 4.98 Å². The van der Waals surface area contributed by atoms with Gasteiger partial charge in [-0.05, 0) is 11.1 Å². The number of aromatic amines is 1. The van der Waals surface area contributed by atoms with Crippen LogP contribution >= 0.6 is 0 Å². The number of rotatable bonds is 3. The van der Waals surface area contributed by atoms with Crippen LogP contribution < -0.4 is 5.56 Å². The highest BCUT2D eigenvalue weighted by Gasteiger charge is 2.17. The third-order valence-corrected chi connectivity index (χ3v) is 3.26. The lowest BCUT2D eigenvalue weighted by molar-refractivity contribution is 0.893. The SMILES string of the molecule is O=c1cc(C(c2ccccc2)c2ccccc2)nc[nH]1. The highest BCUT2D eigenvalue weighted by atomic mass is 16.1. The molecule has 1 N–H and O–H groups in total. The van der Waals surface area contributed by atoms with Crippen molar-refractivity contribution in [2.75, 3.05) is 0 Å². The van der Waals surface area contributed by atoms with E-state index in [1.54, 1.807) is 6.07 Å². The Balaban J connectivity index is 2.16. The van der Waals surface area contributed by atoms with Crippen LogP contribution in [0.25, 0.3) is 0 Å². The highest BCUT2D eigenvalue weighted by Crippen LogP contribution is 2.29. The first-order valence-corrected chi connectivity index (χ1v) is 6.49. The molecular weight excluding hydrogens is 248 g/mol. The lowest BCUT2D eigenvalue weighted by Crippen LogP contribution is -2.12. The molecule has 2 aromatic carbocycles. The van der Waals surface area contributed by atoms with Gasteiger partial charge in [-0.1, -0.05) is 60.7 Å². The second kappa shape index (κ2) is 5.53. The standard InChI is InChI=1S/C17H14N2O/c20-16-11-15(18-12-19-16)17(13-7-3-1-4-8-13)14-9-5-2-6-10-14/h1-12,17H,(H,18,19,20). The van der Waals surface area contributed by atoms with Gasteiger partial charge in [0.15, 0.2) is 0 Å². The van der Waals surface area contributed by atoms with E-state index in [1.807, 2.05) is 36.4 Å². The zero-order chi connectivity index (χ0) is 13.8. The summed E-state index contributed by atoms with van der Waals surface area (Å²) in [7, 11) is 0. The molecule has 98 valence electrons. The highest BCUT2D eigenvalue weighted by molar-refractivity contribution is 5.39. The van der Waals surface area contributed by atoms with Gasteiger partial charge in [0.05, 0.1) is 17.9 Å². The number of benzene rings is 2. The van der Waals surface area contributed by atoms with Crippen molar-refractivity contribution < 1.29 is 0 Å². The van der Waals surface area contributed by atoms with Gasteiger partial charge in [0, 0.05) is 6.07 Å². The number of aromatic nitrogens is 2. The minimum Gasteiger partial charge on any atom is -0.313 e. The van der Waals surface area contributed by atoms with Gasteiger partial charge in [-0.2, -0.15) is 0 Å². The summed E-state index contributed by atoms with van der Waals surface area (Å²) in [5.74, 6) is -0.0281. The van der Waals surface area contributed by atoms with Crippen LogP contribution in [0.5, 0.6) is 0 Å². The maximum absolute atomic E-state index is 11.6. The van der Waals surface area contributed by atoms with Crippen LogP contribution in [0, 0.1) is 0 Å². The maximum Gasteiger partial charge on any atom is 0.250 e. The van der Waals surface area contributed by atoms with E-state index in [4.69, 9.17) is 0 Å². The van der Waals surface area contributed by atoms with E-state index in [1.165, 1.54) is 6.33 Å². The van der Waals surface area contributed by atoms with E-state index in [0.717, 1.165) is 16.8 Å². The van der Waals surface area contributed by atoms with Gasteiger partial charge in [-0.15, -0.1) is 0 Å². The lowest BCUT2D eigenvalue weighted by atomic mass is 9.88. The molecule has 1 heterocycles. The first kappa shape index (κ1) is 12.4. The lowest BCUT2D eigenvalue weighted by Gasteiger charge is -2.17. The fourth-order valence-electron chi connectivity index (χ4n) is 2.37. The summed E-state index contributed by atoms with van der Waals surface area (Å²) in [4.78, 5) is 18.5. The summed E-state index contributed by atoms with van der Waals surface area (Å²) in [5, 5.41) is 0. The van der Waals surface area contributed by atoms with Crippen molar-refractivity contribution in [1.29, 1.82) is 0 Å². The summed E-state index contributed by atoms with van der Waals surface area (Å²) < 4.78 is 0. The molecule has 1 aromatic heterocycles. The van der Waals surface area contributed by atoms with Gasteiger partial charge >= 0.3 is 0 Å². The minimum atomic E-state index is -0.133. The number of nitrogens with one attached hydrogen (secondary N) is 1.